The molecule has 2 aliphatic rings. The van der Waals surface area contributed by atoms with Gasteiger partial charge in [-0.25, -0.2) is 0 Å². The van der Waals surface area contributed by atoms with E-state index >= 15 is 0 Å². The lowest BCUT2D eigenvalue weighted by molar-refractivity contribution is 0.245. The van der Waals surface area contributed by atoms with E-state index in [1.54, 1.807) is 11.1 Å². The molecule has 1 heterocycles. The molecule has 0 bridgehead atoms. The SMILES string of the molecule is NCCc1ccc2c(c1)CCC2N1CCCC1. The Morgan fingerprint density at radius 3 is 2.82 bits per heavy atom. The monoisotopic (exact) mass is 230 g/mol. The number of nitrogens with two attached hydrogens (primary N) is 1. The normalized spacial score (nSPS) is 24.2. The molecule has 3 rings (SSSR count). The molecule has 17 heavy (non-hydrogen) atoms. The Balaban J connectivity index is 1.82. The Labute approximate surface area is 104 Å². The molecular weight excluding hydrogens is 208 g/mol. The maximum atomic E-state index is 5.62. The largest absolute Gasteiger partial charge is 0.330 e. The number of fused-ring (bicyclic) bond motifs is 1. The molecule has 0 aromatic heterocycles. The first-order valence-electron chi connectivity index (χ1n) is 6.94. The maximum absolute atomic E-state index is 5.62. The van der Waals surface area contributed by atoms with Crippen LogP contribution in [0.2, 0.25) is 0 Å². The third kappa shape index (κ3) is 2.12. The standard InChI is InChI=1S/C15H22N2/c16-8-7-12-3-5-14-13(11-12)4-6-15(14)17-9-1-2-10-17/h3,5,11,15H,1-2,4,6-10,16H2. The number of aryl methyl sites for hydroxylation is 1. The topological polar surface area (TPSA) is 29.3 Å². The fourth-order valence-electron chi connectivity index (χ4n) is 3.40. The minimum Gasteiger partial charge on any atom is -0.330 e. The summed E-state index contributed by atoms with van der Waals surface area (Å²) in [6.07, 6.45) is 6.37. The van der Waals surface area contributed by atoms with Gasteiger partial charge in [0.1, 0.15) is 0 Å². The summed E-state index contributed by atoms with van der Waals surface area (Å²) < 4.78 is 0. The van der Waals surface area contributed by atoms with Crippen molar-refractivity contribution < 1.29 is 0 Å². The fraction of sp³-hybridized carbons (Fsp3) is 0.600. The summed E-state index contributed by atoms with van der Waals surface area (Å²) in [4.78, 5) is 2.68. The van der Waals surface area contributed by atoms with E-state index in [4.69, 9.17) is 5.73 Å². The Kier molecular flexibility index (Phi) is 3.17. The van der Waals surface area contributed by atoms with Crippen molar-refractivity contribution >= 4 is 0 Å². The third-order valence-corrected chi connectivity index (χ3v) is 4.27. The predicted molar refractivity (Wildman–Crippen MR) is 71.1 cm³/mol. The van der Waals surface area contributed by atoms with Gasteiger partial charge in [0, 0.05) is 6.04 Å². The fourth-order valence-corrected chi connectivity index (χ4v) is 3.40. The first-order chi connectivity index (χ1) is 8.38. The molecule has 1 atom stereocenters. The zero-order valence-corrected chi connectivity index (χ0v) is 10.5. The second-order valence-corrected chi connectivity index (χ2v) is 5.37. The number of nitrogens with zero attached hydrogens (tertiary/aromatic N) is 1. The average molecular weight is 230 g/mol. The molecule has 1 unspecified atom stereocenters. The zero-order chi connectivity index (χ0) is 11.7. The van der Waals surface area contributed by atoms with Crippen molar-refractivity contribution in [3.63, 3.8) is 0 Å². The summed E-state index contributed by atoms with van der Waals surface area (Å²) in [5.74, 6) is 0. The summed E-state index contributed by atoms with van der Waals surface area (Å²) in [7, 11) is 0. The van der Waals surface area contributed by atoms with Crippen LogP contribution in [-0.4, -0.2) is 24.5 Å². The molecule has 1 aliphatic carbocycles. The van der Waals surface area contributed by atoms with Gasteiger partial charge >= 0.3 is 0 Å². The van der Waals surface area contributed by atoms with Crippen LogP contribution in [0.1, 0.15) is 42.0 Å². The highest BCUT2D eigenvalue weighted by Gasteiger charge is 2.29. The summed E-state index contributed by atoms with van der Waals surface area (Å²) >= 11 is 0. The van der Waals surface area contributed by atoms with Crippen molar-refractivity contribution in [3.8, 4) is 0 Å². The number of hydrogen-bond acceptors (Lipinski definition) is 2. The van der Waals surface area contributed by atoms with Gasteiger partial charge < -0.3 is 5.73 Å². The molecule has 1 aromatic carbocycles. The number of benzene rings is 1. The van der Waals surface area contributed by atoms with E-state index in [0.717, 1.165) is 13.0 Å². The van der Waals surface area contributed by atoms with Gasteiger partial charge in [0.05, 0.1) is 0 Å². The van der Waals surface area contributed by atoms with E-state index in [1.807, 2.05) is 0 Å². The van der Waals surface area contributed by atoms with Crippen LogP contribution in [0.25, 0.3) is 0 Å². The van der Waals surface area contributed by atoms with E-state index in [1.165, 1.54) is 44.3 Å². The van der Waals surface area contributed by atoms with Crippen molar-refractivity contribution in [1.29, 1.82) is 0 Å². The molecule has 0 spiro atoms. The molecule has 0 saturated carbocycles. The van der Waals surface area contributed by atoms with Gasteiger partial charge in [-0.1, -0.05) is 18.2 Å². The Hall–Kier alpha value is -0.860. The molecule has 1 aliphatic heterocycles. The predicted octanol–water partition coefficient (Wildman–Crippen LogP) is 2.27. The first-order valence-corrected chi connectivity index (χ1v) is 6.94. The van der Waals surface area contributed by atoms with Crippen molar-refractivity contribution in [1.82, 2.24) is 4.90 Å². The highest BCUT2D eigenvalue weighted by atomic mass is 15.2. The molecular formula is C15H22N2. The lowest BCUT2D eigenvalue weighted by atomic mass is 10.0. The minimum atomic E-state index is 0.708. The van der Waals surface area contributed by atoms with Gasteiger partial charge in [-0.2, -0.15) is 0 Å². The van der Waals surface area contributed by atoms with Crippen LogP contribution in [0.4, 0.5) is 0 Å². The summed E-state index contributed by atoms with van der Waals surface area (Å²) in [5.41, 5.74) is 10.2. The third-order valence-electron chi connectivity index (χ3n) is 4.27. The van der Waals surface area contributed by atoms with Crippen LogP contribution in [0, 0.1) is 0 Å². The van der Waals surface area contributed by atoms with E-state index in [9.17, 15) is 0 Å². The summed E-state index contributed by atoms with van der Waals surface area (Å²) in [6, 6.07) is 7.73. The summed E-state index contributed by atoms with van der Waals surface area (Å²) in [5, 5.41) is 0. The zero-order valence-electron chi connectivity index (χ0n) is 10.5. The Morgan fingerprint density at radius 1 is 1.24 bits per heavy atom. The van der Waals surface area contributed by atoms with Crippen LogP contribution in [-0.2, 0) is 12.8 Å². The average Bonchev–Trinajstić information content (AvgIpc) is 2.96. The summed E-state index contributed by atoms with van der Waals surface area (Å²) in [6.45, 7) is 3.36. The second-order valence-electron chi connectivity index (χ2n) is 5.37. The number of rotatable bonds is 3. The smallest absolute Gasteiger partial charge is 0.0354 e. The van der Waals surface area contributed by atoms with Crippen LogP contribution in [0.15, 0.2) is 18.2 Å². The van der Waals surface area contributed by atoms with Crippen LogP contribution < -0.4 is 5.73 Å². The van der Waals surface area contributed by atoms with Crippen LogP contribution >= 0.6 is 0 Å². The highest BCUT2D eigenvalue weighted by Crippen LogP contribution is 2.37. The Bertz CT molecular complexity index is 394. The Morgan fingerprint density at radius 2 is 2.06 bits per heavy atom. The molecule has 1 fully saturated rings. The second kappa shape index (κ2) is 4.79. The van der Waals surface area contributed by atoms with Gasteiger partial charge in [-0.15, -0.1) is 0 Å². The number of likely N-dealkylation sites (tertiary alicyclic amines) is 1. The van der Waals surface area contributed by atoms with Gasteiger partial charge in [0.2, 0.25) is 0 Å². The van der Waals surface area contributed by atoms with Crippen molar-refractivity contribution in [2.24, 2.45) is 5.73 Å². The molecule has 1 saturated heterocycles. The molecule has 92 valence electrons. The first kappa shape index (κ1) is 11.2. The van der Waals surface area contributed by atoms with Gasteiger partial charge in [-0.3, -0.25) is 4.90 Å². The lowest BCUT2D eigenvalue weighted by Crippen LogP contribution is -2.23. The van der Waals surface area contributed by atoms with Gasteiger partial charge in [0.25, 0.3) is 0 Å². The van der Waals surface area contributed by atoms with Crippen LogP contribution in [0.5, 0.6) is 0 Å². The molecule has 2 N–H and O–H groups in total. The van der Waals surface area contributed by atoms with E-state index < -0.39 is 0 Å². The van der Waals surface area contributed by atoms with E-state index in [-0.39, 0.29) is 0 Å². The molecule has 2 heteroatoms. The van der Waals surface area contributed by atoms with Gasteiger partial charge in [-0.05, 0) is 68.4 Å². The maximum Gasteiger partial charge on any atom is 0.0354 e. The van der Waals surface area contributed by atoms with E-state index in [2.05, 4.69) is 23.1 Å². The van der Waals surface area contributed by atoms with Crippen LogP contribution in [0.3, 0.4) is 0 Å². The molecule has 0 amide bonds. The highest BCUT2D eigenvalue weighted by molar-refractivity contribution is 5.38. The molecule has 1 aromatic rings. The molecule has 2 nitrogen and oxygen atoms in total. The molecule has 0 radical (unpaired) electrons. The van der Waals surface area contributed by atoms with Crippen molar-refractivity contribution in [2.45, 2.75) is 38.1 Å². The van der Waals surface area contributed by atoms with Crippen molar-refractivity contribution in [3.05, 3.63) is 34.9 Å². The van der Waals surface area contributed by atoms with E-state index in [0.29, 0.717) is 6.04 Å². The van der Waals surface area contributed by atoms with Gasteiger partial charge in [0.15, 0.2) is 0 Å². The lowest BCUT2D eigenvalue weighted by Gasteiger charge is -2.24. The number of hydrogen-bond donors (Lipinski definition) is 1. The quantitative estimate of drug-likeness (QED) is 0.863. The van der Waals surface area contributed by atoms with Crippen molar-refractivity contribution in [2.75, 3.05) is 19.6 Å². The minimum absolute atomic E-state index is 0.708.